The Labute approximate surface area is 177 Å². The van der Waals surface area contributed by atoms with Gasteiger partial charge in [-0.1, -0.05) is 30.3 Å². The van der Waals surface area contributed by atoms with Gasteiger partial charge in [0.2, 0.25) is 0 Å². The number of piperazine rings is 1. The van der Waals surface area contributed by atoms with Crippen LogP contribution >= 0.6 is 0 Å². The third-order valence-electron chi connectivity index (χ3n) is 6.32. The number of fused-ring (bicyclic) bond motifs is 2. The molecule has 1 fully saturated rings. The Morgan fingerprint density at radius 3 is 2.57 bits per heavy atom. The molecule has 2 aliphatic heterocycles. The average Bonchev–Trinajstić information content (AvgIpc) is 3.23. The number of benzene rings is 3. The molecule has 1 saturated heterocycles. The minimum absolute atomic E-state index is 0.0994. The van der Waals surface area contributed by atoms with E-state index in [9.17, 15) is 4.79 Å². The second-order valence-corrected chi connectivity index (χ2v) is 8.50. The second kappa shape index (κ2) is 8.46. The summed E-state index contributed by atoms with van der Waals surface area (Å²) in [5.74, 6) is 1.16. The van der Waals surface area contributed by atoms with Crippen LogP contribution in [0.2, 0.25) is 0 Å². The zero-order chi connectivity index (χ0) is 20.3. The number of rotatable bonds is 5. The minimum atomic E-state index is 0.0994. The van der Waals surface area contributed by atoms with Gasteiger partial charge in [-0.15, -0.1) is 0 Å². The summed E-state index contributed by atoms with van der Waals surface area (Å²) >= 11 is 0. The van der Waals surface area contributed by atoms with E-state index in [1.54, 1.807) is 4.90 Å². The van der Waals surface area contributed by atoms with Crippen LogP contribution in [-0.2, 0) is 17.8 Å². The van der Waals surface area contributed by atoms with Gasteiger partial charge in [-0.05, 0) is 46.7 Å². The summed E-state index contributed by atoms with van der Waals surface area (Å²) < 4.78 is 5.61. The van der Waals surface area contributed by atoms with Crippen LogP contribution in [0.25, 0.3) is 10.8 Å². The van der Waals surface area contributed by atoms with Gasteiger partial charge in [0.05, 0.1) is 6.61 Å². The Morgan fingerprint density at radius 2 is 1.70 bits per heavy atom. The Bertz CT molecular complexity index is 1060. The van der Waals surface area contributed by atoms with Gasteiger partial charge < -0.3 is 19.9 Å². The number of hydrogen-bond donors (Lipinski definition) is 3. The van der Waals surface area contributed by atoms with Crippen LogP contribution in [0.3, 0.4) is 0 Å². The zero-order valence-corrected chi connectivity index (χ0v) is 17.2. The fraction of sp³-hybridized carbons (Fsp3) is 0.320. The van der Waals surface area contributed by atoms with Crippen LogP contribution in [0.4, 0.5) is 5.69 Å². The Balaban J connectivity index is 1.11. The molecule has 5 heteroatoms. The highest BCUT2D eigenvalue weighted by Crippen LogP contribution is 2.25. The molecule has 0 spiro atoms. The SMILES string of the molecule is O=C(C[NH+]1CC[NH+](Cc2ccc3c(c2)CCO3)CC1)Nc1ccc2ccccc2c1. The summed E-state index contributed by atoms with van der Waals surface area (Å²) in [5.41, 5.74) is 3.62. The molecule has 0 bridgehead atoms. The van der Waals surface area contributed by atoms with Crippen molar-refractivity contribution in [1.29, 1.82) is 0 Å². The predicted octanol–water partition coefficient (Wildman–Crippen LogP) is 0.697. The number of nitrogens with one attached hydrogen (secondary N) is 3. The molecule has 0 saturated carbocycles. The van der Waals surface area contributed by atoms with Crippen LogP contribution in [0.5, 0.6) is 5.75 Å². The van der Waals surface area contributed by atoms with Crippen molar-refractivity contribution in [1.82, 2.24) is 0 Å². The standard InChI is InChI=1S/C25H27N3O2/c29-25(26-23-7-6-20-3-1-2-4-21(20)16-23)18-28-12-10-27(11-13-28)17-19-5-8-24-22(15-19)9-14-30-24/h1-8,15-16H,9-14,17-18H2,(H,26,29)/p+2. The molecule has 0 unspecified atom stereocenters. The monoisotopic (exact) mass is 403 g/mol. The van der Waals surface area contributed by atoms with Gasteiger partial charge in [0.15, 0.2) is 6.54 Å². The fourth-order valence-electron chi connectivity index (χ4n) is 4.65. The molecule has 0 aromatic heterocycles. The van der Waals surface area contributed by atoms with Crippen LogP contribution in [-0.4, -0.2) is 45.2 Å². The molecule has 154 valence electrons. The van der Waals surface area contributed by atoms with Crippen molar-refractivity contribution < 1.29 is 19.3 Å². The first-order chi connectivity index (χ1) is 14.7. The van der Waals surface area contributed by atoms with Crippen LogP contribution < -0.4 is 19.9 Å². The average molecular weight is 404 g/mol. The number of quaternary nitrogens is 2. The molecule has 0 atom stereocenters. The maximum absolute atomic E-state index is 12.5. The first-order valence-electron chi connectivity index (χ1n) is 10.9. The lowest BCUT2D eigenvalue weighted by atomic mass is 10.1. The highest BCUT2D eigenvalue weighted by atomic mass is 16.5. The summed E-state index contributed by atoms with van der Waals surface area (Å²) in [6.45, 7) is 6.69. The summed E-state index contributed by atoms with van der Waals surface area (Å²) in [6.07, 6.45) is 1.03. The van der Waals surface area contributed by atoms with Gasteiger partial charge in [0, 0.05) is 17.7 Å². The molecule has 2 aliphatic rings. The molecule has 3 aromatic carbocycles. The van der Waals surface area contributed by atoms with Gasteiger partial charge in [-0.3, -0.25) is 4.79 Å². The van der Waals surface area contributed by atoms with Gasteiger partial charge in [-0.2, -0.15) is 0 Å². The highest BCUT2D eigenvalue weighted by Gasteiger charge is 2.25. The van der Waals surface area contributed by atoms with E-state index in [1.165, 1.54) is 21.4 Å². The third-order valence-corrected chi connectivity index (χ3v) is 6.32. The number of carbonyl (C=O) groups is 1. The van der Waals surface area contributed by atoms with E-state index in [-0.39, 0.29) is 5.91 Å². The number of anilines is 1. The van der Waals surface area contributed by atoms with Crippen LogP contribution in [0.15, 0.2) is 60.7 Å². The van der Waals surface area contributed by atoms with Gasteiger partial charge in [0.25, 0.3) is 5.91 Å². The Hall–Kier alpha value is -2.89. The summed E-state index contributed by atoms with van der Waals surface area (Å²) in [7, 11) is 0. The molecule has 5 rings (SSSR count). The molecule has 5 nitrogen and oxygen atoms in total. The van der Waals surface area contributed by atoms with E-state index in [0.717, 1.165) is 62.6 Å². The lowest BCUT2D eigenvalue weighted by Gasteiger charge is -2.29. The number of ether oxygens (including phenoxy) is 1. The molecule has 30 heavy (non-hydrogen) atoms. The maximum Gasteiger partial charge on any atom is 0.279 e. The zero-order valence-electron chi connectivity index (χ0n) is 17.2. The molecule has 2 heterocycles. The van der Waals surface area contributed by atoms with Crippen molar-refractivity contribution in [3.05, 3.63) is 71.8 Å². The van der Waals surface area contributed by atoms with Crippen LogP contribution in [0.1, 0.15) is 11.1 Å². The Morgan fingerprint density at radius 1 is 0.900 bits per heavy atom. The summed E-state index contributed by atoms with van der Waals surface area (Å²) in [4.78, 5) is 15.5. The third kappa shape index (κ3) is 4.32. The molecular formula is C25H29N3O2+2. The topological polar surface area (TPSA) is 47.2 Å². The van der Waals surface area contributed by atoms with E-state index in [4.69, 9.17) is 4.74 Å². The van der Waals surface area contributed by atoms with Crippen molar-refractivity contribution >= 4 is 22.4 Å². The number of hydrogen-bond acceptors (Lipinski definition) is 2. The van der Waals surface area contributed by atoms with E-state index in [2.05, 4.69) is 41.7 Å². The maximum atomic E-state index is 12.5. The number of carbonyl (C=O) groups excluding carboxylic acids is 1. The summed E-state index contributed by atoms with van der Waals surface area (Å²) in [5, 5.41) is 5.42. The van der Waals surface area contributed by atoms with Crippen molar-refractivity contribution in [2.75, 3.05) is 44.6 Å². The van der Waals surface area contributed by atoms with Crippen molar-refractivity contribution in [3.8, 4) is 5.75 Å². The van der Waals surface area contributed by atoms with Gasteiger partial charge in [0.1, 0.15) is 38.5 Å². The first-order valence-corrected chi connectivity index (χ1v) is 10.9. The molecule has 0 aliphatic carbocycles. The van der Waals surface area contributed by atoms with Crippen molar-refractivity contribution in [2.45, 2.75) is 13.0 Å². The molecule has 0 radical (unpaired) electrons. The van der Waals surface area contributed by atoms with Crippen molar-refractivity contribution in [3.63, 3.8) is 0 Å². The normalized spacial score (nSPS) is 20.5. The Kier molecular flexibility index (Phi) is 5.39. The van der Waals surface area contributed by atoms with E-state index in [0.29, 0.717) is 6.54 Å². The van der Waals surface area contributed by atoms with Gasteiger partial charge in [-0.25, -0.2) is 0 Å². The minimum Gasteiger partial charge on any atom is -0.493 e. The highest BCUT2D eigenvalue weighted by molar-refractivity contribution is 5.94. The smallest absolute Gasteiger partial charge is 0.279 e. The lowest BCUT2D eigenvalue weighted by Crippen LogP contribution is -3.28. The van der Waals surface area contributed by atoms with E-state index < -0.39 is 0 Å². The molecule has 3 N–H and O–H groups in total. The molecular weight excluding hydrogens is 374 g/mol. The number of amides is 1. The second-order valence-electron chi connectivity index (χ2n) is 8.50. The van der Waals surface area contributed by atoms with E-state index in [1.807, 2.05) is 24.3 Å². The summed E-state index contributed by atoms with van der Waals surface area (Å²) in [6, 6.07) is 20.9. The lowest BCUT2D eigenvalue weighted by molar-refractivity contribution is -1.02. The van der Waals surface area contributed by atoms with Crippen molar-refractivity contribution in [2.24, 2.45) is 0 Å². The quantitative estimate of drug-likeness (QED) is 0.587. The van der Waals surface area contributed by atoms with Crippen LogP contribution in [0, 0.1) is 0 Å². The predicted molar refractivity (Wildman–Crippen MR) is 118 cm³/mol. The van der Waals surface area contributed by atoms with E-state index >= 15 is 0 Å². The largest absolute Gasteiger partial charge is 0.493 e. The van der Waals surface area contributed by atoms with Gasteiger partial charge >= 0.3 is 0 Å². The first kappa shape index (κ1) is 19.1. The molecule has 3 aromatic rings. The molecule has 1 amide bonds. The fourth-order valence-corrected chi connectivity index (χ4v) is 4.65.